The molecule has 0 aliphatic heterocycles. The summed E-state index contributed by atoms with van der Waals surface area (Å²) in [5.74, 6) is 0. The van der Waals surface area contributed by atoms with Gasteiger partial charge in [0.1, 0.15) is 0 Å². The van der Waals surface area contributed by atoms with Crippen molar-refractivity contribution < 1.29 is 9.90 Å². The minimum Gasteiger partial charge on any atom is -0.465 e. The van der Waals surface area contributed by atoms with Gasteiger partial charge < -0.3 is 16.2 Å². The molecule has 1 aromatic carbocycles. The minimum absolute atomic E-state index is 0.481. The van der Waals surface area contributed by atoms with Crippen LogP contribution in [0.1, 0.15) is 6.92 Å². The molecule has 0 bridgehead atoms. The number of nitrogens with one attached hydrogen (secondary N) is 1. The van der Waals surface area contributed by atoms with Crippen molar-refractivity contribution >= 4 is 11.8 Å². The minimum atomic E-state index is -0.961. The summed E-state index contributed by atoms with van der Waals surface area (Å²) in [5, 5.41) is 9.93. The molecule has 0 heterocycles. The fourth-order valence-corrected chi connectivity index (χ4v) is 0.604. The van der Waals surface area contributed by atoms with E-state index in [-0.39, 0.29) is 0 Å². The van der Waals surface area contributed by atoms with Crippen molar-refractivity contribution in [2.24, 2.45) is 0 Å². The van der Waals surface area contributed by atoms with Gasteiger partial charge in [-0.15, -0.1) is 0 Å². The summed E-state index contributed by atoms with van der Waals surface area (Å²) in [6.45, 7) is 2.21. The molecule has 1 aromatic rings. The molecule has 0 atom stereocenters. The van der Waals surface area contributed by atoms with Crippen LogP contribution in [-0.4, -0.2) is 17.7 Å². The number of hydrogen-bond donors (Lipinski definition) is 3. The van der Waals surface area contributed by atoms with E-state index in [4.69, 9.17) is 10.8 Å². The molecule has 72 valence electrons. The van der Waals surface area contributed by atoms with Crippen LogP contribution in [-0.2, 0) is 0 Å². The summed E-state index contributed by atoms with van der Waals surface area (Å²) in [6, 6.07) is 9.49. The van der Waals surface area contributed by atoms with Gasteiger partial charge in [0.15, 0.2) is 0 Å². The zero-order valence-corrected chi connectivity index (χ0v) is 7.53. The number of para-hydroxylation sites is 1. The predicted molar refractivity (Wildman–Crippen MR) is 52.6 cm³/mol. The van der Waals surface area contributed by atoms with Crippen molar-refractivity contribution in [3.8, 4) is 0 Å². The van der Waals surface area contributed by atoms with Crippen molar-refractivity contribution in [2.45, 2.75) is 6.92 Å². The lowest BCUT2D eigenvalue weighted by Crippen LogP contribution is -2.19. The second kappa shape index (κ2) is 6.97. The lowest BCUT2D eigenvalue weighted by Gasteiger charge is -1.87. The zero-order chi connectivity index (χ0) is 10.1. The molecule has 4 N–H and O–H groups in total. The molecule has 4 nitrogen and oxygen atoms in total. The van der Waals surface area contributed by atoms with Crippen LogP contribution < -0.4 is 11.1 Å². The van der Waals surface area contributed by atoms with Gasteiger partial charge in [-0.2, -0.15) is 0 Å². The Morgan fingerprint density at radius 1 is 1.46 bits per heavy atom. The molecule has 4 heteroatoms. The van der Waals surface area contributed by atoms with Crippen LogP contribution in [0, 0.1) is 0 Å². The summed E-state index contributed by atoms with van der Waals surface area (Å²) in [4.78, 5) is 9.49. The van der Waals surface area contributed by atoms with E-state index in [1.165, 1.54) is 0 Å². The summed E-state index contributed by atoms with van der Waals surface area (Å²) in [6.07, 6.45) is -0.961. The SMILES string of the molecule is CCNC(=O)O.Nc1ccccc1. The van der Waals surface area contributed by atoms with Crippen LogP contribution in [0.3, 0.4) is 0 Å². The number of carboxylic acid groups (broad SMARTS) is 1. The molecule has 0 aliphatic rings. The van der Waals surface area contributed by atoms with Crippen molar-refractivity contribution in [1.82, 2.24) is 5.32 Å². The smallest absolute Gasteiger partial charge is 0.404 e. The second-order valence-corrected chi connectivity index (χ2v) is 2.25. The van der Waals surface area contributed by atoms with Gasteiger partial charge in [-0.3, -0.25) is 0 Å². The number of carbonyl (C=O) groups is 1. The summed E-state index contributed by atoms with van der Waals surface area (Å²) in [5.41, 5.74) is 6.18. The Morgan fingerprint density at radius 2 is 2.00 bits per heavy atom. The monoisotopic (exact) mass is 182 g/mol. The highest BCUT2D eigenvalue weighted by molar-refractivity contribution is 5.64. The Balaban J connectivity index is 0.000000226. The van der Waals surface area contributed by atoms with Crippen molar-refractivity contribution in [2.75, 3.05) is 12.3 Å². The van der Waals surface area contributed by atoms with E-state index in [0.29, 0.717) is 6.54 Å². The van der Waals surface area contributed by atoms with Crippen LogP contribution in [0.25, 0.3) is 0 Å². The van der Waals surface area contributed by atoms with Crippen molar-refractivity contribution in [3.05, 3.63) is 30.3 Å². The molecule has 0 spiro atoms. The highest BCUT2D eigenvalue weighted by atomic mass is 16.4. The molecule has 0 radical (unpaired) electrons. The van der Waals surface area contributed by atoms with E-state index in [1.54, 1.807) is 6.92 Å². The highest BCUT2D eigenvalue weighted by Gasteiger charge is 1.83. The van der Waals surface area contributed by atoms with Gasteiger partial charge in [-0.25, -0.2) is 4.79 Å². The summed E-state index contributed by atoms with van der Waals surface area (Å²) < 4.78 is 0. The highest BCUT2D eigenvalue weighted by Crippen LogP contribution is 1.95. The van der Waals surface area contributed by atoms with Crippen LogP contribution in [0.5, 0.6) is 0 Å². The molecule has 0 aromatic heterocycles. The maximum atomic E-state index is 9.49. The van der Waals surface area contributed by atoms with Crippen LogP contribution in [0.2, 0.25) is 0 Å². The first-order valence-corrected chi connectivity index (χ1v) is 3.94. The predicted octanol–water partition coefficient (Wildman–Crippen LogP) is 1.54. The van der Waals surface area contributed by atoms with Crippen molar-refractivity contribution in [3.63, 3.8) is 0 Å². The lowest BCUT2D eigenvalue weighted by molar-refractivity contribution is 0.195. The van der Waals surface area contributed by atoms with Gasteiger partial charge in [0, 0.05) is 12.2 Å². The average Bonchev–Trinajstić information content (AvgIpc) is 2.06. The Morgan fingerprint density at radius 3 is 2.15 bits per heavy atom. The first kappa shape index (κ1) is 11.3. The first-order valence-electron chi connectivity index (χ1n) is 3.94. The molecular formula is C9H14N2O2. The third kappa shape index (κ3) is 8.19. The van der Waals surface area contributed by atoms with Gasteiger partial charge in [-0.1, -0.05) is 18.2 Å². The normalized spacial score (nSPS) is 8.08. The van der Waals surface area contributed by atoms with E-state index in [0.717, 1.165) is 5.69 Å². The van der Waals surface area contributed by atoms with Gasteiger partial charge in [0.25, 0.3) is 0 Å². The molecule has 0 saturated heterocycles. The maximum absolute atomic E-state index is 9.49. The largest absolute Gasteiger partial charge is 0.465 e. The standard InChI is InChI=1S/C6H7N.C3H7NO2/c7-6-4-2-1-3-5-6;1-2-4-3(5)6/h1-5H,7H2;4H,2H2,1H3,(H,5,6). The number of rotatable bonds is 1. The molecule has 13 heavy (non-hydrogen) atoms. The molecule has 0 fully saturated rings. The first-order chi connectivity index (χ1) is 6.16. The zero-order valence-electron chi connectivity index (χ0n) is 7.53. The number of hydrogen-bond acceptors (Lipinski definition) is 2. The number of anilines is 1. The Kier molecular flexibility index (Phi) is 6.05. The average molecular weight is 182 g/mol. The van der Waals surface area contributed by atoms with E-state index in [1.807, 2.05) is 30.3 Å². The van der Waals surface area contributed by atoms with E-state index in [9.17, 15) is 4.79 Å². The van der Waals surface area contributed by atoms with Crippen molar-refractivity contribution in [1.29, 1.82) is 0 Å². The molecular weight excluding hydrogens is 168 g/mol. The Bertz CT molecular complexity index is 237. The van der Waals surface area contributed by atoms with Crippen LogP contribution in [0.4, 0.5) is 10.5 Å². The fraction of sp³-hybridized carbons (Fsp3) is 0.222. The number of benzene rings is 1. The van der Waals surface area contributed by atoms with Gasteiger partial charge in [0.2, 0.25) is 0 Å². The summed E-state index contributed by atoms with van der Waals surface area (Å²) in [7, 11) is 0. The summed E-state index contributed by atoms with van der Waals surface area (Å²) >= 11 is 0. The second-order valence-electron chi connectivity index (χ2n) is 2.25. The number of nitrogens with two attached hydrogens (primary N) is 1. The van der Waals surface area contributed by atoms with Gasteiger partial charge in [-0.05, 0) is 19.1 Å². The quantitative estimate of drug-likeness (QED) is 0.577. The van der Waals surface area contributed by atoms with E-state index < -0.39 is 6.09 Å². The Hall–Kier alpha value is -1.71. The van der Waals surface area contributed by atoms with Crippen LogP contribution in [0.15, 0.2) is 30.3 Å². The third-order valence-corrected chi connectivity index (χ3v) is 1.13. The van der Waals surface area contributed by atoms with E-state index in [2.05, 4.69) is 5.32 Å². The third-order valence-electron chi connectivity index (χ3n) is 1.13. The molecule has 0 aliphatic carbocycles. The Labute approximate surface area is 77.4 Å². The number of amides is 1. The molecule has 1 rings (SSSR count). The van der Waals surface area contributed by atoms with Gasteiger partial charge >= 0.3 is 6.09 Å². The molecule has 1 amide bonds. The van der Waals surface area contributed by atoms with Gasteiger partial charge in [0.05, 0.1) is 0 Å². The fourth-order valence-electron chi connectivity index (χ4n) is 0.604. The van der Waals surface area contributed by atoms with E-state index >= 15 is 0 Å². The topological polar surface area (TPSA) is 75.3 Å². The molecule has 0 saturated carbocycles. The van der Waals surface area contributed by atoms with Crippen LogP contribution >= 0.6 is 0 Å². The maximum Gasteiger partial charge on any atom is 0.404 e. The molecule has 0 unspecified atom stereocenters. The number of nitrogen functional groups attached to an aromatic ring is 1. The lowest BCUT2D eigenvalue weighted by atomic mass is 10.3.